The van der Waals surface area contributed by atoms with Gasteiger partial charge in [-0.15, -0.1) is 0 Å². The van der Waals surface area contributed by atoms with Crippen molar-refractivity contribution < 1.29 is 5.11 Å². The highest BCUT2D eigenvalue weighted by molar-refractivity contribution is 5.12. The lowest BCUT2D eigenvalue weighted by molar-refractivity contribution is -0.128. The van der Waals surface area contributed by atoms with E-state index in [-0.39, 0.29) is 6.10 Å². The third kappa shape index (κ3) is 2.97. The van der Waals surface area contributed by atoms with E-state index in [9.17, 15) is 5.11 Å². The lowest BCUT2D eigenvalue weighted by Crippen LogP contribution is -2.54. The van der Waals surface area contributed by atoms with E-state index in [0.717, 1.165) is 60.2 Å². The second-order valence-electron chi connectivity index (χ2n) is 12.4. The maximum atomic E-state index is 10.2. The quantitative estimate of drug-likeness (QED) is 0.527. The minimum Gasteiger partial charge on any atom is -0.393 e. The molecule has 28 heavy (non-hydrogen) atoms. The molecule has 0 aliphatic heterocycles. The van der Waals surface area contributed by atoms with Crippen molar-refractivity contribution in [2.75, 3.05) is 0 Å². The first-order chi connectivity index (χ1) is 13.3. The summed E-state index contributed by atoms with van der Waals surface area (Å²) in [5.74, 6) is 7.17. The molecule has 0 aromatic carbocycles. The molecule has 158 valence electrons. The van der Waals surface area contributed by atoms with Crippen LogP contribution in [0.2, 0.25) is 0 Å². The van der Waals surface area contributed by atoms with Crippen molar-refractivity contribution in [1.29, 1.82) is 0 Å². The highest BCUT2D eigenvalue weighted by Gasteiger charge is 2.60. The van der Waals surface area contributed by atoms with E-state index in [2.05, 4.69) is 39.8 Å². The number of fused-ring (bicyclic) bond motifs is 5. The summed E-state index contributed by atoms with van der Waals surface area (Å²) < 4.78 is 0. The number of hydrogen-bond acceptors (Lipinski definition) is 1. The van der Waals surface area contributed by atoms with Crippen LogP contribution in [0.15, 0.2) is 12.2 Å². The zero-order chi connectivity index (χ0) is 19.7. The zero-order valence-corrected chi connectivity index (χ0v) is 18.9. The number of rotatable bonds is 3. The van der Waals surface area contributed by atoms with Gasteiger partial charge in [0.05, 0.1) is 6.10 Å². The van der Waals surface area contributed by atoms with Crippen LogP contribution >= 0.6 is 0 Å². The standard InChI is InChI=1S/C27H44O/c1-17(5-6-19-15-18(19)2)23-9-10-24-22-8-7-20-16-21(28)11-13-26(20,3)25(22)12-14-27(23,24)4/h5-6,17-25,28H,7-16H2,1-4H3/b6-5+/t17-,18?,19?,20+,21?,22?,23?,24?,25?,26?,27?/m1/s1. The van der Waals surface area contributed by atoms with Crippen LogP contribution in [0.25, 0.3) is 0 Å². The predicted octanol–water partition coefficient (Wildman–Crippen LogP) is 6.85. The van der Waals surface area contributed by atoms with Crippen LogP contribution in [-0.2, 0) is 0 Å². The highest BCUT2D eigenvalue weighted by Crippen LogP contribution is 2.68. The summed E-state index contributed by atoms with van der Waals surface area (Å²) in [6.45, 7) is 10.2. The van der Waals surface area contributed by atoms with Gasteiger partial charge in [0.25, 0.3) is 0 Å². The maximum absolute atomic E-state index is 10.2. The molecule has 0 heterocycles. The minimum absolute atomic E-state index is 0.0128. The summed E-state index contributed by atoms with van der Waals surface area (Å²) in [6, 6.07) is 0. The molecule has 1 nitrogen and oxygen atoms in total. The molecule has 0 aromatic heterocycles. The summed E-state index contributed by atoms with van der Waals surface area (Å²) in [5, 5.41) is 10.2. The molecule has 5 aliphatic rings. The van der Waals surface area contributed by atoms with Gasteiger partial charge in [0.1, 0.15) is 0 Å². The van der Waals surface area contributed by atoms with E-state index in [4.69, 9.17) is 0 Å². The Morgan fingerprint density at radius 3 is 2.36 bits per heavy atom. The van der Waals surface area contributed by atoms with Crippen molar-refractivity contribution in [2.45, 2.75) is 98.0 Å². The third-order valence-corrected chi connectivity index (χ3v) is 11.2. The van der Waals surface area contributed by atoms with Gasteiger partial charge in [-0.05, 0) is 122 Å². The second kappa shape index (κ2) is 6.86. The lowest BCUT2D eigenvalue weighted by Gasteiger charge is -2.61. The molecule has 0 amide bonds. The largest absolute Gasteiger partial charge is 0.393 e. The van der Waals surface area contributed by atoms with E-state index >= 15 is 0 Å². The number of aliphatic hydroxyl groups excluding tert-OH is 1. The van der Waals surface area contributed by atoms with Crippen molar-refractivity contribution in [2.24, 2.45) is 58.2 Å². The summed E-state index contributed by atoms with van der Waals surface area (Å²) in [5.41, 5.74) is 1.10. The molecule has 5 aliphatic carbocycles. The van der Waals surface area contributed by atoms with Gasteiger partial charge >= 0.3 is 0 Å². The first-order valence-corrected chi connectivity index (χ1v) is 12.7. The van der Waals surface area contributed by atoms with E-state index in [1.807, 2.05) is 0 Å². The fourth-order valence-corrected chi connectivity index (χ4v) is 9.21. The van der Waals surface area contributed by atoms with E-state index in [1.165, 1.54) is 51.4 Å². The van der Waals surface area contributed by atoms with Crippen LogP contribution in [0.1, 0.15) is 91.9 Å². The van der Waals surface area contributed by atoms with Crippen LogP contribution < -0.4 is 0 Å². The molecule has 0 bridgehead atoms. The summed E-state index contributed by atoms with van der Waals surface area (Å²) in [6.07, 6.45) is 18.7. The molecule has 0 radical (unpaired) electrons. The summed E-state index contributed by atoms with van der Waals surface area (Å²) in [7, 11) is 0. The Morgan fingerprint density at radius 1 is 0.893 bits per heavy atom. The average molecular weight is 385 g/mol. The SMILES string of the molecule is CC1CC1/C=C/[C@@H](C)C1CCC2C3CC[C@H]4CC(O)CCC4(C)C3CCC21C. The van der Waals surface area contributed by atoms with Gasteiger partial charge in [-0.25, -0.2) is 0 Å². The first kappa shape index (κ1) is 19.7. The second-order valence-corrected chi connectivity index (χ2v) is 12.4. The molecule has 0 spiro atoms. The van der Waals surface area contributed by atoms with Gasteiger partial charge < -0.3 is 5.11 Å². The molecular formula is C27H44O. The normalized spacial score (nSPS) is 56.8. The number of hydrogen-bond donors (Lipinski definition) is 1. The zero-order valence-electron chi connectivity index (χ0n) is 18.9. The monoisotopic (exact) mass is 384 g/mol. The lowest BCUT2D eigenvalue weighted by atomic mass is 9.44. The first-order valence-electron chi connectivity index (χ1n) is 12.7. The van der Waals surface area contributed by atoms with E-state index in [1.54, 1.807) is 0 Å². The summed E-state index contributed by atoms with van der Waals surface area (Å²) >= 11 is 0. The van der Waals surface area contributed by atoms with Crippen LogP contribution in [0.4, 0.5) is 0 Å². The Bertz CT molecular complexity index is 624. The van der Waals surface area contributed by atoms with Crippen molar-refractivity contribution in [3.63, 3.8) is 0 Å². The maximum Gasteiger partial charge on any atom is 0.0543 e. The third-order valence-electron chi connectivity index (χ3n) is 11.2. The Hall–Kier alpha value is -0.300. The highest BCUT2D eigenvalue weighted by atomic mass is 16.3. The topological polar surface area (TPSA) is 20.2 Å². The fourth-order valence-electron chi connectivity index (χ4n) is 9.21. The van der Waals surface area contributed by atoms with Crippen LogP contribution in [0.3, 0.4) is 0 Å². The van der Waals surface area contributed by atoms with Crippen molar-refractivity contribution in [3.8, 4) is 0 Å². The average Bonchev–Trinajstić information content (AvgIpc) is 3.25. The van der Waals surface area contributed by atoms with Crippen LogP contribution in [0.5, 0.6) is 0 Å². The van der Waals surface area contributed by atoms with Crippen LogP contribution in [0, 0.1) is 58.2 Å². The van der Waals surface area contributed by atoms with Crippen molar-refractivity contribution >= 4 is 0 Å². The predicted molar refractivity (Wildman–Crippen MR) is 117 cm³/mol. The molecule has 9 unspecified atom stereocenters. The molecule has 5 saturated carbocycles. The van der Waals surface area contributed by atoms with Gasteiger partial charge in [0.15, 0.2) is 0 Å². The van der Waals surface area contributed by atoms with Gasteiger partial charge in [-0.3, -0.25) is 0 Å². The van der Waals surface area contributed by atoms with Crippen LogP contribution in [-0.4, -0.2) is 11.2 Å². The van der Waals surface area contributed by atoms with Gasteiger partial charge in [0, 0.05) is 0 Å². The van der Waals surface area contributed by atoms with Gasteiger partial charge in [-0.2, -0.15) is 0 Å². The number of allylic oxidation sites excluding steroid dienone is 2. The molecule has 0 saturated heterocycles. The minimum atomic E-state index is -0.0128. The Labute approximate surface area is 173 Å². The molecule has 0 aromatic rings. The van der Waals surface area contributed by atoms with E-state index in [0.29, 0.717) is 10.8 Å². The molecule has 1 N–H and O–H groups in total. The molecule has 11 atom stereocenters. The fraction of sp³-hybridized carbons (Fsp3) is 0.926. The molecule has 1 heteroatoms. The molecular weight excluding hydrogens is 340 g/mol. The number of aliphatic hydroxyl groups is 1. The molecule has 5 rings (SSSR count). The van der Waals surface area contributed by atoms with E-state index < -0.39 is 0 Å². The smallest absolute Gasteiger partial charge is 0.0543 e. The van der Waals surface area contributed by atoms with Gasteiger partial charge in [0.2, 0.25) is 0 Å². The Morgan fingerprint density at radius 2 is 1.61 bits per heavy atom. The Balaban J connectivity index is 1.33. The Kier molecular flexibility index (Phi) is 4.81. The molecule has 5 fully saturated rings. The van der Waals surface area contributed by atoms with Gasteiger partial charge in [-0.1, -0.05) is 39.8 Å². The van der Waals surface area contributed by atoms with Crippen molar-refractivity contribution in [3.05, 3.63) is 12.2 Å². The van der Waals surface area contributed by atoms with Crippen molar-refractivity contribution in [1.82, 2.24) is 0 Å². The summed E-state index contributed by atoms with van der Waals surface area (Å²) in [4.78, 5) is 0.